The Morgan fingerprint density at radius 1 is 1.19 bits per heavy atom. The molecule has 8 nitrogen and oxygen atoms in total. The van der Waals surface area contributed by atoms with E-state index in [4.69, 9.17) is 4.74 Å². The Morgan fingerprint density at radius 3 is 2.61 bits per heavy atom. The number of piperidine rings is 1. The van der Waals surface area contributed by atoms with E-state index >= 15 is 0 Å². The van der Waals surface area contributed by atoms with E-state index in [0.29, 0.717) is 18.9 Å². The number of esters is 1. The highest BCUT2D eigenvalue weighted by Crippen LogP contribution is 2.26. The van der Waals surface area contributed by atoms with Gasteiger partial charge >= 0.3 is 5.97 Å². The molecule has 4 rings (SSSR count). The average molecular weight is 538 g/mol. The van der Waals surface area contributed by atoms with Crippen LogP contribution in [0.1, 0.15) is 25.3 Å². The van der Waals surface area contributed by atoms with Gasteiger partial charge in [0.15, 0.2) is 10.6 Å². The molecule has 2 heterocycles. The molecule has 1 saturated heterocycles. The lowest BCUT2D eigenvalue weighted by Gasteiger charge is -2.30. The third-order valence-corrected chi connectivity index (χ3v) is 8.79. The van der Waals surface area contributed by atoms with Gasteiger partial charge in [0.2, 0.25) is 10.0 Å². The number of thiazole rings is 1. The Bertz CT molecular complexity index is 1480. The largest absolute Gasteiger partial charge is 0.465 e. The highest BCUT2D eigenvalue weighted by atomic mass is 32.2. The normalized spacial score (nSPS) is 17.4. The molecule has 0 bridgehead atoms. The minimum absolute atomic E-state index is 0.00562. The van der Waals surface area contributed by atoms with Gasteiger partial charge in [0.05, 0.1) is 27.6 Å². The molecule has 1 aromatic heterocycles. The molecule has 1 unspecified atom stereocenters. The number of benzene rings is 2. The van der Waals surface area contributed by atoms with Gasteiger partial charge in [-0.1, -0.05) is 29.0 Å². The van der Waals surface area contributed by atoms with Crippen LogP contribution < -0.4 is 4.80 Å². The van der Waals surface area contributed by atoms with Gasteiger partial charge in [0.1, 0.15) is 12.4 Å². The second-order valence-electron chi connectivity index (χ2n) is 8.48. The predicted octanol–water partition coefficient (Wildman–Crippen LogP) is 3.38. The molecule has 12 heteroatoms. The zero-order valence-corrected chi connectivity index (χ0v) is 21.4. The van der Waals surface area contributed by atoms with Crippen molar-refractivity contribution < 1.29 is 31.5 Å². The number of nitrogens with zero attached hydrogens (tertiary/aromatic N) is 3. The second kappa shape index (κ2) is 10.6. The number of halogens is 2. The number of aryl methyl sites for hydroxylation is 1. The summed E-state index contributed by atoms with van der Waals surface area (Å²) >= 11 is 0.865. The third kappa shape index (κ3) is 5.40. The molecule has 1 fully saturated rings. The lowest BCUT2D eigenvalue weighted by Crippen LogP contribution is -2.42. The molecule has 0 radical (unpaired) electrons. The quantitative estimate of drug-likeness (QED) is 0.449. The molecule has 2 aromatic carbocycles. The SMILES string of the molecule is CCOC(=O)Cn1c(=NC(=O)C2CCCN(S(=O)(=O)c3ccc(C)cc3)C2)sc2cc(F)cc(F)c21. The van der Waals surface area contributed by atoms with Crippen LogP contribution in [0.4, 0.5) is 8.78 Å². The molecular weight excluding hydrogens is 512 g/mol. The van der Waals surface area contributed by atoms with Gasteiger partial charge in [-0.2, -0.15) is 9.30 Å². The number of hydrogen-bond donors (Lipinski definition) is 0. The first-order valence-electron chi connectivity index (χ1n) is 11.4. The van der Waals surface area contributed by atoms with Crippen LogP contribution in [0.2, 0.25) is 0 Å². The van der Waals surface area contributed by atoms with E-state index in [1.54, 1.807) is 19.1 Å². The maximum Gasteiger partial charge on any atom is 0.326 e. The van der Waals surface area contributed by atoms with E-state index in [-0.39, 0.29) is 39.6 Å². The van der Waals surface area contributed by atoms with Crippen molar-refractivity contribution in [2.45, 2.75) is 38.1 Å². The fraction of sp³-hybridized carbons (Fsp3) is 0.375. The van der Waals surface area contributed by atoms with Crippen molar-refractivity contribution >= 4 is 43.5 Å². The molecule has 0 spiro atoms. The summed E-state index contributed by atoms with van der Waals surface area (Å²) in [5, 5.41) is 0. The Kier molecular flexibility index (Phi) is 7.67. The average Bonchev–Trinajstić information content (AvgIpc) is 3.16. The van der Waals surface area contributed by atoms with Gasteiger partial charge in [-0.05, 0) is 44.9 Å². The molecule has 0 saturated carbocycles. The predicted molar refractivity (Wildman–Crippen MR) is 130 cm³/mol. The molecule has 0 N–H and O–H groups in total. The Labute approximate surface area is 210 Å². The summed E-state index contributed by atoms with van der Waals surface area (Å²) in [6.07, 6.45) is 0.889. The molecule has 1 aliphatic heterocycles. The molecule has 1 atom stereocenters. The molecule has 1 amide bonds. The lowest BCUT2D eigenvalue weighted by atomic mass is 9.99. The number of hydrogen-bond acceptors (Lipinski definition) is 6. The van der Waals surface area contributed by atoms with Gasteiger partial charge < -0.3 is 9.30 Å². The van der Waals surface area contributed by atoms with Gasteiger partial charge in [-0.15, -0.1) is 0 Å². The number of fused-ring (bicyclic) bond motifs is 1. The molecule has 192 valence electrons. The summed E-state index contributed by atoms with van der Waals surface area (Å²) in [4.78, 5) is 29.6. The fourth-order valence-corrected chi connectivity index (χ4v) is 6.70. The van der Waals surface area contributed by atoms with E-state index in [2.05, 4.69) is 4.99 Å². The van der Waals surface area contributed by atoms with Crippen molar-refractivity contribution in [3.8, 4) is 0 Å². The summed E-state index contributed by atoms with van der Waals surface area (Å²) in [6, 6.07) is 8.27. The number of ether oxygens (including phenoxy) is 1. The standard InChI is InChI=1S/C24H25F2N3O5S2/c1-3-34-21(30)14-29-22-19(26)11-17(25)12-20(22)35-24(29)27-23(31)16-5-4-10-28(13-16)36(32,33)18-8-6-15(2)7-9-18/h6-9,11-12,16H,3-5,10,13-14H2,1-2H3. The van der Waals surface area contributed by atoms with Crippen LogP contribution in [-0.4, -0.2) is 48.9 Å². The van der Waals surface area contributed by atoms with E-state index in [1.807, 2.05) is 6.92 Å². The minimum atomic E-state index is -3.79. The molecule has 0 aliphatic carbocycles. The van der Waals surface area contributed by atoms with Gasteiger partial charge in [-0.25, -0.2) is 17.2 Å². The van der Waals surface area contributed by atoms with Crippen molar-refractivity contribution in [2.24, 2.45) is 10.9 Å². The number of carbonyl (C=O) groups is 2. The Hall–Kier alpha value is -2.96. The van der Waals surface area contributed by atoms with Crippen LogP contribution in [0, 0.1) is 24.5 Å². The van der Waals surface area contributed by atoms with E-state index < -0.39 is 46.0 Å². The number of aromatic nitrogens is 1. The molecule has 3 aromatic rings. The molecule has 1 aliphatic rings. The van der Waals surface area contributed by atoms with Crippen LogP contribution >= 0.6 is 11.3 Å². The van der Waals surface area contributed by atoms with Crippen molar-refractivity contribution in [3.63, 3.8) is 0 Å². The fourth-order valence-electron chi connectivity index (χ4n) is 4.10. The van der Waals surface area contributed by atoms with Crippen LogP contribution in [-0.2, 0) is 30.9 Å². The van der Waals surface area contributed by atoms with Gasteiger partial charge in [-0.3, -0.25) is 9.59 Å². The second-order valence-corrected chi connectivity index (χ2v) is 11.4. The monoisotopic (exact) mass is 537 g/mol. The van der Waals surface area contributed by atoms with Crippen LogP contribution in [0.5, 0.6) is 0 Å². The van der Waals surface area contributed by atoms with Gasteiger partial charge in [0.25, 0.3) is 5.91 Å². The lowest BCUT2D eigenvalue weighted by molar-refractivity contribution is -0.143. The van der Waals surface area contributed by atoms with Crippen molar-refractivity contribution in [2.75, 3.05) is 19.7 Å². The van der Waals surface area contributed by atoms with Crippen LogP contribution in [0.15, 0.2) is 46.3 Å². The molecular formula is C24H25F2N3O5S2. The third-order valence-electron chi connectivity index (χ3n) is 5.89. The Morgan fingerprint density at radius 2 is 1.92 bits per heavy atom. The summed E-state index contributed by atoms with van der Waals surface area (Å²) in [7, 11) is -3.79. The number of sulfonamides is 1. The highest BCUT2D eigenvalue weighted by Gasteiger charge is 2.33. The first-order valence-corrected chi connectivity index (χ1v) is 13.6. The summed E-state index contributed by atoms with van der Waals surface area (Å²) in [6.45, 7) is 3.40. The zero-order chi connectivity index (χ0) is 26.0. The first-order chi connectivity index (χ1) is 17.1. The Balaban J connectivity index is 1.67. The summed E-state index contributed by atoms with van der Waals surface area (Å²) < 4.78 is 62.2. The van der Waals surface area contributed by atoms with E-state index in [9.17, 15) is 26.8 Å². The van der Waals surface area contributed by atoms with Crippen molar-refractivity contribution in [1.82, 2.24) is 8.87 Å². The maximum atomic E-state index is 14.6. The van der Waals surface area contributed by atoms with Crippen LogP contribution in [0.3, 0.4) is 0 Å². The number of carbonyl (C=O) groups excluding carboxylic acids is 2. The van der Waals surface area contributed by atoms with Gasteiger partial charge in [0, 0.05) is 19.2 Å². The smallest absolute Gasteiger partial charge is 0.326 e. The van der Waals surface area contributed by atoms with Crippen LogP contribution in [0.25, 0.3) is 10.2 Å². The van der Waals surface area contributed by atoms with Crippen molar-refractivity contribution in [1.29, 1.82) is 0 Å². The minimum Gasteiger partial charge on any atom is -0.465 e. The van der Waals surface area contributed by atoms with E-state index in [0.717, 1.165) is 23.0 Å². The number of rotatable bonds is 6. The topological polar surface area (TPSA) is 98.0 Å². The first kappa shape index (κ1) is 26.1. The number of amides is 1. The zero-order valence-electron chi connectivity index (χ0n) is 19.7. The van der Waals surface area contributed by atoms with Crippen molar-refractivity contribution in [3.05, 3.63) is 58.4 Å². The van der Waals surface area contributed by atoms with E-state index in [1.165, 1.54) is 21.0 Å². The molecule has 36 heavy (non-hydrogen) atoms. The highest BCUT2D eigenvalue weighted by molar-refractivity contribution is 7.89. The summed E-state index contributed by atoms with van der Waals surface area (Å²) in [5.74, 6) is -3.67. The summed E-state index contributed by atoms with van der Waals surface area (Å²) in [5.41, 5.74) is 0.864. The maximum absolute atomic E-state index is 14.6.